The predicted molar refractivity (Wildman–Crippen MR) is 110 cm³/mol. The van der Waals surface area contributed by atoms with E-state index >= 15 is 0 Å². The summed E-state index contributed by atoms with van der Waals surface area (Å²) < 4.78 is 10.8. The van der Waals surface area contributed by atoms with E-state index in [4.69, 9.17) is 9.47 Å². The van der Waals surface area contributed by atoms with Gasteiger partial charge in [0.2, 0.25) is 0 Å². The van der Waals surface area contributed by atoms with Crippen LogP contribution in [0.3, 0.4) is 0 Å². The molecule has 0 aromatic heterocycles. The number of esters is 2. The molecule has 144 valence electrons. The van der Waals surface area contributed by atoms with Crippen LogP contribution in [-0.2, 0) is 4.74 Å². The van der Waals surface area contributed by atoms with Crippen LogP contribution >= 0.6 is 0 Å². The van der Waals surface area contributed by atoms with E-state index in [-0.39, 0.29) is 11.1 Å². The van der Waals surface area contributed by atoms with Gasteiger partial charge in [-0.1, -0.05) is 68.7 Å². The quantitative estimate of drug-likeness (QED) is 0.283. The standard InChI is InChI=1S/C24H24O4/c1-2-3-4-9-16-27-23(25)21-12-7-8-13-22(21)24(26)28-20-15-14-18-10-5-6-11-19(18)17-20/h5-8,10-15,17H,2-4,9,16H2,1H3. The molecule has 0 amide bonds. The molecule has 4 nitrogen and oxygen atoms in total. The first-order chi connectivity index (χ1) is 13.7. The summed E-state index contributed by atoms with van der Waals surface area (Å²) in [6.07, 6.45) is 4.09. The number of rotatable bonds is 8. The lowest BCUT2D eigenvalue weighted by Crippen LogP contribution is -2.16. The smallest absolute Gasteiger partial charge is 0.344 e. The monoisotopic (exact) mass is 376 g/mol. The summed E-state index contributed by atoms with van der Waals surface area (Å²) in [5.41, 5.74) is 0.429. The predicted octanol–water partition coefficient (Wildman–Crippen LogP) is 5.80. The molecule has 0 aliphatic rings. The van der Waals surface area contributed by atoms with Gasteiger partial charge in [0, 0.05) is 0 Å². The molecule has 3 aromatic rings. The van der Waals surface area contributed by atoms with Crippen molar-refractivity contribution in [2.45, 2.75) is 32.6 Å². The van der Waals surface area contributed by atoms with Crippen molar-refractivity contribution >= 4 is 22.7 Å². The maximum atomic E-state index is 12.7. The summed E-state index contributed by atoms with van der Waals surface area (Å²) in [7, 11) is 0. The van der Waals surface area contributed by atoms with Gasteiger partial charge in [-0.3, -0.25) is 0 Å². The van der Waals surface area contributed by atoms with Crippen LogP contribution < -0.4 is 4.74 Å². The number of carbonyl (C=O) groups is 2. The zero-order valence-electron chi connectivity index (χ0n) is 16.0. The van der Waals surface area contributed by atoms with E-state index in [2.05, 4.69) is 6.92 Å². The Morgan fingerprint density at radius 1 is 0.750 bits per heavy atom. The third kappa shape index (κ3) is 4.97. The summed E-state index contributed by atoms with van der Waals surface area (Å²) in [6, 6.07) is 19.9. The van der Waals surface area contributed by atoms with Crippen LogP contribution in [0.4, 0.5) is 0 Å². The van der Waals surface area contributed by atoms with Crippen LogP contribution in [0.25, 0.3) is 10.8 Å². The number of carbonyl (C=O) groups excluding carboxylic acids is 2. The molecule has 0 unspecified atom stereocenters. The van der Waals surface area contributed by atoms with Crippen molar-refractivity contribution in [3.05, 3.63) is 77.9 Å². The molecule has 0 fully saturated rings. The van der Waals surface area contributed by atoms with Gasteiger partial charge in [-0.25, -0.2) is 9.59 Å². The van der Waals surface area contributed by atoms with E-state index in [0.29, 0.717) is 12.4 Å². The molecule has 0 radical (unpaired) electrons. The second-order valence-electron chi connectivity index (χ2n) is 6.64. The fourth-order valence-electron chi connectivity index (χ4n) is 3.00. The topological polar surface area (TPSA) is 52.6 Å². The van der Waals surface area contributed by atoms with Gasteiger partial charge in [0.05, 0.1) is 17.7 Å². The Kier molecular flexibility index (Phi) is 6.79. The van der Waals surface area contributed by atoms with Gasteiger partial charge >= 0.3 is 11.9 Å². The Labute approximate surface area is 165 Å². The number of hydrogen-bond donors (Lipinski definition) is 0. The van der Waals surface area contributed by atoms with E-state index < -0.39 is 11.9 Å². The Morgan fingerprint density at radius 2 is 1.43 bits per heavy atom. The lowest BCUT2D eigenvalue weighted by molar-refractivity contribution is 0.0489. The molecular weight excluding hydrogens is 352 g/mol. The molecule has 0 saturated carbocycles. The molecule has 0 bridgehead atoms. The fourth-order valence-corrected chi connectivity index (χ4v) is 3.00. The number of hydrogen-bond acceptors (Lipinski definition) is 4. The van der Waals surface area contributed by atoms with Crippen molar-refractivity contribution in [1.82, 2.24) is 0 Å². The van der Waals surface area contributed by atoms with Crippen molar-refractivity contribution in [3.63, 3.8) is 0 Å². The van der Waals surface area contributed by atoms with Gasteiger partial charge in [-0.05, 0) is 41.5 Å². The zero-order valence-corrected chi connectivity index (χ0v) is 16.0. The van der Waals surface area contributed by atoms with Crippen molar-refractivity contribution in [2.75, 3.05) is 6.61 Å². The van der Waals surface area contributed by atoms with Gasteiger partial charge in [0.25, 0.3) is 0 Å². The van der Waals surface area contributed by atoms with Crippen LogP contribution in [0.2, 0.25) is 0 Å². The highest BCUT2D eigenvalue weighted by atomic mass is 16.5. The van der Waals surface area contributed by atoms with E-state index in [0.717, 1.165) is 36.5 Å². The summed E-state index contributed by atoms with van der Waals surface area (Å²) in [5.74, 6) is -0.636. The molecule has 28 heavy (non-hydrogen) atoms. The van der Waals surface area contributed by atoms with E-state index in [1.807, 2.05) is 36.4 Å². The normalized spacial score (nSPS) is 10.6. The first kappa shape index (κ1) is 19.6. The highest BCUT2D eigenvalue weighted by Gasteiger charge is 2.19. The maximum absolute atomic E-state index is 12.7. The van der Waals surface area contributed by atoms with Gasteiger partial charge in [0.15, 0.2) is 0 Å². The minimum Gasteiger partial charge on any atom is -0.462 e. The van der Waals surface area contributed by atoms with Crippen molar-refractivity contribution in [1.29, 1.82) is 0 Å². The van der Waals surface area contributed by atoms with Gasteiger partial charge < -0.3 is 9.47 Å². The Bertz CT molecular complexity index is 961. The SMILES string of the molecule is CCCCCCOC(=O)c1ccccc1C(=O)Oc1ccc2ccccc2c1. The zero-order chi connectivity index (χ0) is 19.8. The summed E-state index contributed by atoms with van der Waals surface area (Å²) in [4.78, 5) is 25.1. The third-order valence-corrected chi connectivity index (χ3v) is 4.53. The molecular formula is C24H24O4. The summed E-state index contributed by atoms with van der Waals surface area (Å²) in [5, 5.41) is 2.04. The molecule has 3 rings (SSSR count). The van der Waals surface area contributed by atoms with Gasteiger partial charge in [-0.2, -0.15) is 0 Å². The molecule has 0 aliphatic heterocycles. The van der Waals surface area contributed by atoms with Gasteiger partial charge in [-0.15, -0.1) is 0 Å². The van der Waals surface area contributed by atoms with Crippen molar-refractivity contribution in [3.8, 4) is 5.75 Å². The van der Waals surface area contributed by atoms with Gasteiger partial charge in [0.1, 0.15) is 5.75 Å². The second kappa shape index (κ2) is 9.70. The average molecular weight is 376 g/mol. The van der Waals surface area contributed by atoms with Crippen LogP contribution in [0.5, 0.6) is 5.75 Å². The average Bonchev–Trinajstić information content (AvgIpc) is 2.73. The number of unbranched alkanes of at least 4 members (excludes halogenated alkanes) is 3. The fraction of sp³-hybridized carbons (Fsp3) is 0.250. The summed E-state index contributed by atoms with van der Waals surface area (Å²) >= 11 is 0. The Balaban J connectivity index is 1.70. The van der Waals surface area contributed by atoms with Crippen LogP contribution in [0, 0.1) is 0 Å². The number of benzene rings is 3. The lowest BCUT2D eigenvalue weighted by Gasteiger charge is -2.10. The van der Waals surface area contributed by atoms with Crippen LogP contribution in [0.1, 0.15) is 53.3 Å². The minimum absolute atomic E-state index is 0.203. The van der Waals surface area contributed by atoms with Crippen LogP contribution in [0.15, 0.2) is 66.7 Å². The molecule has 3 aromatic carbocycles. The minimum atomic E-state index is -0.575. The van der Waals surface area contributed by atoms with E-state index in [9.17, 15) is 9.59 Å². The molecule has 0 atom stereocenters. The van der Waals surface area contributed by atoms with E-state index in [1.165, 1.54) is 0 Å². The van der Waals surface area contributed by atoms with Crippen molar-refractivity contribution < 1.29 is 19.1 Å². The summed E-state index contributed by atoms with van der Waals surface area (Å²) in [6.45, 7) is 2.48. The second-order valence-corrected chi connectivity index (χ2v) is 6.64. The molecule has 4 heteroatoms. The molecule has 0 saturated heterocycles. The number of ether oxygens (including phenoxy) is 2. The highest BCUT2D eigenvalue weighted by molar-refractivity contribution is 6.04. The highest BCUT2D eigenvalue weighted by Crippen LogP contribution is 2.22. The molecule has 0 aliphatic carbocycles. The van der Waals surface area contributed by atoms with Crippen molar-refractivity contribution in [2.24, 2.45) is 0 Å². The van der Waals surface area contributed by atoms with E-state index in [1.54, 1.807) is 30.3 Å². The molecule has 0 spiro atoms. The lowest BCUT2D eigenvalue weighted by atomic mass is 10.1. The molecule has 0 heterocycles. The molecule has 0 N–H and O–H groups in total. The first-order valence-corrected chi connectivity index (χ1v) is 9.66. The first-order valence-electron chi connectivity index (χ1n) is 9.66. The third-order valence-electron chi connectivity index (χ3n) is 4.53. The number of fused-ring (bicyclic) bond motifs is 1. The maximum Gasteiger partial charge on any atom is 0.344 e. The Morgan fingerprint density at radius 3 is 2.18 bits per heavy atom. The Hall–Kier alpha value is -3.14. The largest absolute Gasteiger partial charge is 0.462 e. The van der Waals surface area contributed by atoms with Crippen LogP contribution in [-0.4, -0.2) is 18.5 Å².